The number of benzene rings is 1. The van der Waals surface area contributed by atoms with Crippen molar-refractivity contribution in [3.8, 4) is 0 Å². The van der Waals surface area contributed by atoms with Gasteiger partial charge in [0.15, 0.2) is 0 Å². The van der Waals surface area contributed by atoms with Gasteiger partial charge in [0.05, 0.1) is 0 Å². The number of para-hydroxylation sites is 1. The van der Waals surface area contributed by atoms with Crippen LogP contribution in [0.25, 0.3) is 11.0 Å². The maximum absolute atomic E-state index is 12.1. The summed E-state index contributed by atoms with van der Waals surface area (Å²) >= 11 is 0. The normalized spacial score (nSPS) is 10.8. The molecule has 2 heterocycles. The Labute approximate surface area is 115 Å². The van der Waals surface area contributed by atoms with Crippen LogP contribution in [0.5, 0.6) is 0 Å². The lowest BCUT2D eigenvalue weighted by molar-refractivity contribution is 0.550. The first-order chi connectivity index (χ1) is 9.65. The third kappa shape index (κ3) is 2.16. The predicted octanol–water partition coefficient (Wildman–Crippen LogP) is 2.67. The Balaban J connectivity index is 2.14. The molecule has 0 aliphatic carbocycles. The van der Waals surface area contributed by atoms with Crippen molar-refractivity contribution < 1.29 is 4.42 Å². The Morgan fingerprint density at radius 2 is 1.95 bits per heavy atom. The fourth-order valence-corrected chi connectivity index (χ4v) is 2.33. The standard InChI is InChI=1S/C16H14N2O2/c1-10-12-6-2-3-7-14(12)20-16(19)13(10)9-11-5-4-8-15(17)18-11/h2-8H,9H2,1H3,(H2,17,18). The van der Waals surface area contributed by atoms with E-state index in [-0.39, 0.29) is 5.63 Å². The zero-order valence-corrected chi connectivity index (χ0v) is 11.1. The van der Waals surface area contributed by atoms with E-state index in [9.17, 15) is 4.79 Å². The van der Waals surface area contributed by atoms with Crippen molar-refractivity contribution in [2.24, 2.45) is 0 Å². The molecule has 0 bridgehead atoms. The van der Waals surface area contributed by atoms with Gasteiger partial charge in [-0.25, -0.2) is 9.78 Å². The van der Waals surface area contributed by atoms with E-state index >= 15 is 0 Å². The van der Waals surface area contributed by atoms with E-state index in [4.69, 9.17) is 10.2 Å². The molecule has 0 aliphatic heterocycles. The Morgan fingerprint density at radius 3 is 2.75 bits per heavy atom. The molecule has 2 aromatic heterocycles. The lowest BCUT2D eigenvalue weighted by Gasteiger charge is -2.07. The molecule has 1 aromatic carbocycles. The van der Waals surface area contributed by atoms with Gasteiger partial charge >= 0.3 is 5.63 Å². The number of rotatable bonds is 2. The topological polar surface area (TPSA) is 69.1 Å². The molecule has 0 fully saturated rings. The lowest BCUT2D eigenvalue weighted by Crippen LogP contribution is -2.11. The van der Waals surface area contributed by atoms with Crippen molar-refractivity contribution in [3.63, 3.8) is 0 Å². The van der Waals surface area contributed by atoms with E-state index < -0.39 is 0 Å². The third-order valence-electron chi connectivity index (χ3n) is 3.38. The maximum Gasteiger partial charge on any atom is 0.340 e. The number of aromatic nitrogens is 1. The van der Waals surface area contributed by atoms with Gasteiger partial charge in [-0.3, -0.25) is 0 Å². The average Bonchev–Trinajstić information content (AvgIpc) is 2.43. The number of nitrogens with two attached hydrogens (primary N) is 1. The smallest absolute Gasteiger partial charge is 0.340 e. The summed E-state index contributed by atoms with van der Waals surface area (Å²) in [5.74, 6) is 0.449. The number of anilines is 1. The van der Waals surface area contributed by atoms with Crippen LogP contribution in [0.4, 0.5) is 5.82 Å². The molecule has 0 aliphatic rings. The van der Waals surface area contributed by atoms with Gasteiger partial charge in [-0.05, 0) is 30.7 Å². The summed E-state index contributed by atoms with van der Waals surface area (Å²) in [6.45, 7) is 1.93. The summed E-state index contributed by atoms with van der Waals surface area (Å²) in [6.07, 6.45) is 0.421. The SMILES string of the molecule is Cc1c(Cc2cccc(N)n2)c(=O)oc2ccccc12. The minimum Gasteiger partial charge on any atom is -0.423 e. The Hall–Kier alpha value is -2.62. The number of hydrogen-bond donors (Lipinski definition) is 1. The predicted molar refractivity (Wildman–Crippen MR) is 78.7 cm³/mol. The average molecular weight is 266 g/mol. The first kappa shape index (κ1) is 12.4. The molecule has 0 saturated heterocycles. The van der Waals surface area contributed by atoms with E-state index in [1.54, 1.807) is 12.1 Å². The fraction of sp³-hybridized carbons (Fsp3) is 0.125. The first-order valence-electron chi connectivity index (χ1n) is 6.38. The molecular weight excluding hydrogens is 252 g/mol. The highest BCUT2D eigenvalue weighted by atomic mass is 16.4. The molecule has 0 unspecified atom stereocenters. The van der Waals surface area contributed by atoms with Gasteiger partial charge in [0.2, 0.25) is 0 Å². The van der Waals surface area contributed by atoms with Crippen LogP contribution in [0.2, 0.25) is 0 Å². The van der Waals surface area contributed by atoms with E-state index in [2.05, 4.69) is 4.98 Å². The molecule has 0 spiro atoms. The van der Waals surface area contributed by atoms with Gasteiger partial charge in [0.1, 0.15) is 11.4 Å². The Bertz CT molecular complexity index is 837. The molecule has 0 radical (unpaired) electrons. The highest BCUT2D eigenvalue weighted by Gasteiger charge is 2.12. The van der Waals surface area contributed by atoms with Crippen LogP contribution in [0.3, 0.4) is 0 Å². The quantitative estimate of drug-likeness (QED) is 0.724. The van der Waals surface area contributed by atoms with Crippen LogP contribution in [0, 0.1) is 6.92 Å². The van der Waals surface area contributed by atoms with Crippen LogP contribution in [0.15, 0.2) is 51.7 Å². The van der Waals surface area contributed by atoms with Crippen LogP contribution in [-0.4, -0.2) is 4.98 Å². The van der Waals surface area contributed by atoms with E-state index in [0.717, 1.165) is 16.6 Å². The molecule has 2 N–H and O–H groups in total. The van der Waals surface area contributed by atoms with Crippen molar-refractivity contribution in [1.82, 2.24) is 4.98 Å². The van der Waals surface area contributed by atoms with Gasteiger partial charge in [0.25, 0.3) is 0 Å². The van der Waals surface area contributed by atoms with Crippen LogP contribution in [-0.2, 0) is 6.42 Å². The number of aryl methyl sites for hydroxylation is 1. The highest BCUT2D eigenvalue weighted by molar-refractivity contribution is 5.80. The van der Waals surface area contributed by atoms with Crippen LogP contribution < -0.4 is 11.4 Å². The number of fused-ring (bicyclic) bond motifs is 1. The van der Waals surface area contributed by atoms with Crippen molar-refractivity contribution in [2.75, 3.05) is 5.73 Å². The van der Waals surface area contributed by atoms with Gasteiger partial charge in [0, 0.05) is 23.1 Å². The monoisotopic (exact) mass is 266 g/mol. The maximum atomic E-state index is 12.1. The van der Waals surface area contributed by atoms with Gasteiger partial charge < -0.3 is 10.2 Å². The lowest BCUT2D eigenvalue weighted by atomic mass is 10.0. The number of pyridine rings is 1. The second-order valence-electron chi connectivity index (χ2n) is 4.72. The zero-order valence-electron chi connectivity index (χ0n) is 11.1. The molecule has 20 heavy (non-hydrogen) atoms. The number of hydrogen-bond acceptors (Lipinski definition) is 4. The van der Waals surface area contributed by atoms with Crippen LogP contribution in [0.1, 0.15) is 16.8 Å². The molecule has 3 aromatic rings. The molecular formula is C16H14N2O2. The summed E-state index contributed by atoms with van der Waals surface area (Å²) in [5.41, 5.74) is 8.28. The summed E-state index contributed by atoms with van der Waals surface area (Å²) < 4.78 is 5.36. The Kier molecular flexibility index (Phi) is 2.99. The molecule has 3 rings (SSSR count). The molecule has 4 nitrogen and oxygen atoms in total. The summed E-state index contributed by atoms with van der Waals surface area (Å²) in [6, 6.07) is 12.9. The second kappa shape index (κ2) is 4.81. The summed E-state index contributed by atoms with van der Waals surface area (Å²) in [5, 5.41) is 0.950. The van der Waals surface area contributed by atoms with Crippen molar-refractivity contribution >= 4 is 16.8 Å². The number of nitrogens with zero attached hydrogens (tertiary/aromatic N) is 1. The largest absolute Gasteiger partial charge is 0.423 e. The van der Waals surface area contributed by atoms with Crippen LogP contribution >= 0.6 is 0 Å². The second-order valence-corrected chi connectivity index (χ2v) is 4.72. The minimum absolute atomic E-state index is 0.314. The fourth-order valence-electron chi connectivity index (χ4n) is 2.33. The van der Waals surface area contributed by atoms with Crippen molar-refractivity contribution in [3.05, 3.63) is 69.7 Å². The van der Waals surface area contributed by atoms with Crippen molar-refractivity contribution in [1.29, 1.82) is 0 Å². The minimum atomic E-state index is -0.314. The van der Waals surface area contributed by atoms with Gasteiger partial charge in [-0.2, -0.15) is 0 Å². The first-order valence-corrected chi connectivity index (χ1v) is 6.38. The third-order valence-corrected chi connectivity index (χ3v) is 3.38. The highest BCUT2D eigenvalue weighted by Crippen LogP contribution is 2.20. The summed E-state index contributed by atoms with van der Waals surface area (Å²) in [4.78, 5) is 16.3. The van der Waals surface area contributed by atoms with Crippen molar-refractivity contribution in [2.45, 2.75) is 13.3 Å². The number of nitrogen functional groups attached to an aromatic ring is 1. The van der Waals surface area contributed by atoms with Gasteiger partial charge in [-0.15, -0.1) is 0 Å². The van der Waals surface area contributed by atoms with E-state index in [1.807, 2.05) is 37.3 Å². The van der Waals surface area contributed by atoms with Gasteiger partial charge in [-0.1, -0.05) is 24.3 Å². The van der Waals surface area contributed by atoms with E-state index in [0.29, 0.717) is 23.4 Å². The zero-order chi connectivity index (χ0) is 14.1. The molecule has 100 valence electrons. The Morgan fingerprint density at radius 1 is 1.15 bits per heavy atom. The summed E-state index contributed by atoms with van der Waals surface area (Å²) in [7, 11) is 0. The van der Waals surface area contributed by atoms with E-state index in [1.165, 1.54) is 0 Å². The molecule has 0 saturated carbocycles. The molecule has 0 amide bonds. The molecule has 4 heteroatoms. The molecule has 0 atom stereocenters.